The Hall–Kier alpha value is -0.890. The van der Waals surface area contributed by atoms with Crippen LogP contribution in [0.4, 0.5) is 4.39 Å². The van der Waals surface area contributed by atoms with Crippen LogP contribution in [0.2, 0.25) is 0 Å². The number of aliphatic hydroxyl groups is 1. The maximum absolute atomic E-state index is 13.5. The molecule has 0 aromatic heterocycles. The maximum atomic E-state index is 13.5. The molecule has 1 unspecified atom stereocenters. The van der Waals surface area contributed by atoms with E-state index in [0.717, 1.165) is 6.42 Å². The van der Waals surface area contributed by atoms with Crippen LogP contribution in [0.3, 0.4) is 0 Å². The zero-order valence-corrected chi connectivity index (χ0v) is 10.7. The fraction of sp³-hybridized carbons (Fsp3) is 0.600. The van der Waals surface area contributed by atoms with Crippen LogP contribution in [-0.4, -0.2) is 5.11 Å². The van der Waals surface area contributed by atoms with E-state index in [9.17, 15) is 9.50 Å². The van der Waals surface area contributed by atoms with Crippen molar-refractivity contribution in [2.24, 2.45) is 5.92 Å². The van der Waals surface area contributed by atoms with Crippen LogP contribution in [0.15, 0.2) is 18.2 Å². The Kier molecular flexibility index (Phi) is 3.53. The van der Waals surface area contributed by atoms with Gasteiger partial charge in [0.05, 0.1) is 5.60 Å². The second-order valence-electron chi connectivity index (χ2n) is 5.59. The highest BCUT2D eigenvalue weighted by Crippen LogP contribution is 2.36. The zero-order chi connectivity index (χ0) is 12.5. The molecule has 0 heterocycles. The molecular formula is C15H21FO. The van der Waals surface area contributed by atoms with E-state index in [1.165, 1.54) is 31.7 Å². The third-order valence-electron chi connectivity index (χ3n) is 3.95. The van der Waals surface area contributed by atoms with Crippen molar-refractivity contribution in [2.45, 2.75) is 51.6 Å². The number of halogens is 1. The largest absolute Gasteiger partial charge is 0.385 e. The normalized spacial score (nSPS) is 20.5. The molecule has 2 rings (SSSR count). The lowest BCUT2D eigenvalue weighted by molar-refractivity contribution is 0.0305. The second kappa shape index (κ2) is 4.77. The summed E-state index contributed by atoms with van der Waals surface area (Å²) in [7, 11) is 0. The summed E-state index contributed by atoms with van der Waals surface area (Å²) in [5.41, 5.74) is 0.432. The van der Waals surface area contributed by atoms with Crippen LogP contribution in [-0.2, 0) is 5.60 Å². The van der Waals surface area contributed by atoms with Gasteiger partial charge in [-0.3, -0.25) is 0 Å². The Morgan fingerprint density at radius 1 is 1.35 bits per heavy atom. The second-order valence-corrected chi connectivity index (χ2v) is 5.59. The van der Waals surface area contributed by atoms with Gasteiger partial charge in [-0.15, -0.1) is 0 Å². The van der Waals surface area contributed by atoms with Crippen LogP contribution < -0.4 is 0 Å². The molecule has 1 atom stereocenters. The van der Waals surface area contributed by atoms with Crippen LogP contribution in [0.5, 0.6) is 0 Å². The van der Waals surface area contributed by atoms with E-state index in [4.69, 9.17) is 0 Å². The van der Waals surface area contributed by atoms with E-state index < -0.39 is 5.60 Å². The van der Waals surface area contributed by atoms with Crippen LogP contribution in [0.1, 0.15) is 50.2 Å². The lowest BCUT2D eigenvalue weighted by Gasteiger charge is -2.27. The lowest BCUT2D eigenvalue weighted by Crippen LogP contribution is -2.24. The summed E-state index contributed by atoms with van der Waals surface area (Å²) in [6, 6.07) is 5.06. The van der Waals surface area contributed by atoms with Gasteiger partial charge in [-0.2, -0.15) is 0 Å². The molecule has 0 aliphatic heterocycles. The summed E-state index contributed by atoms with van der Waals surface area (Å²) in [6.45, 7) is 3.54. The van der Waals surface area contributed by atoms with Gasteiger partial charge in [-0.05, 0) is 43.4 Å². The highest BCUT2D eigenvalue weighted by atomic mass is 19.1. The maximum Gasteiger partial charge on any atom is 0.126 e. The zero-order valence-electron chi connectivity index (χ0n) is 10.7. The molecule has 0 amide bonds. The fourth-order valence-corrected chi connectivity index (χ4v) is 2.82. The molecule has 1 aromatic rings. The lowest BCUT2D eigenvalue weighted by atomic mass is 9.85. The van der Waals surface area contributed by atoms with Crippen molar-refractivity contribution in [3.8, 4) is 0 Å². The van der Waals surface area contributed by atoms with E-state index in [2.05, 4.69) is 0 Å². The molecule has 2 heteroatoms. The van der Waals surface area contributed by atoms with Crippen LogP contribution >= 0.6 is 0 Å². The van der Waals surface area contributed by atoms with Crippen molar-refractivity contribution in [1.82, 2.24) is 0 Å². The monoisotopic (exact) mass is 236 g/mol. The quantitative estimate of drug-likeness (QED) is 0.843. The molecule has 1 saturated carbocycles. The summed E-state index contributed by atoms with van der Waals surface area (Å²) >= 11 is 0. The number of benzene rings is 1. The van der Waals surface area contributed by atoms with Gasteiger partial charge in [0.1, 0.15) is 5.82 Å². The summed E-state index contributed by atoms with van der Waals surface area (Å²) in [4.78, 5) is 0. The number of aryl methyl sites for hydroxylation is 1. The topological polar surface area (TPSA) is 20.2 Å². The van der Waals surface area contributed by atoms with E-state index in [1.54, 1.807) is 19.9 Å². The molecule has 94 valence electrons. The first-order valence-corrected chi connectivity index (χ1v) is 6.48. The van der Waals surface area contributed by atoms with Gasteiger partial charge in [-0.25, -0.2) is 4.39 Å². The van der Waals surface area contributed by atoms with Crippen molar-refractivity contribution in [2.75, 3.05) is 0 Å². The summed E-state index contributed by atoms with van der Waals surface area (Å²) in [5.74, 6) is 0.364. The van der Waals surface area contributed by atoms with E-state index >= 15 is 0 Å². The molecule has 0 saturated heterocycles. The predicted molar refractivity (Wildman–Crippen MR) is 67.3 cm³/mol. The van der Waals surface area contributed by atoms with Gasteiger partial charge in [0.2, 0.25) is 0 Å². The van der Waals surface area contributed by atoms with Crippen LogP contribution in [0.25, 0.3) is 0 Å². The molecule has 17 heavy (non-hydrogen) atoms. The molecular weight excluding hydrogens is 215 g/mol. The van der Waals surface area contributed by atoms with Gasteiger partial charge in [0.25, 0.3) is 0 Å². The van der Waals surface area contributed by atoms with E-state index in [1.807, 2.05) is 6.07 Å². The molecule has 1 aliphatic rings. The molecule has 0 radical (unpaired) electrons. The first-order valence-electron chi connectivity index (χ1n) is 6.48. The Balaban J connectivity index is 2.14. The van der Waals surface area contributed by atoms with Crippen molar-refractivity contribution in [1.29, 1.82) is 0 Å². The van der Waals surface area contributed by atoms with Gasteiger partial charge < -0.3 is 5.11 Å². The fourth-order valence-electron chi connectivity index (χ4n) is 2.82. The summed E-state index contributed by atoms with van der Waals surface area (Å²) < 4.78 is 13.5. The molecule has 1 N–H and O–H groups in total. The average Bonchev–Trinajstić information content (AvgIpc) is 2.73. The van der Waals surface area contributed by atoms with Gasteiger partial charge in [-0.1, -0.05) is 37.8 Å². The minimum absolute atomic E-state index is 0.228. The molecule has 1 aromatic carbocycles. The predicted octanol–water partition coefficient (Wildman–Crippen LogP) is 3.92. The molecule has 1 aliphatic carbocycles. The molecule has 0 bridgehead atoms. The number of hydrogen-bond acceptors (Lipinski definition) is 1. The van der Waals surface area contributed by atoms with E-state index in [-0.39, 0.29) is 5.82 Å². The Morgan fingerprint density at radius 2 is 2.00 bits per heavy atom. The highest BCUT2D eigenvalue weighted by Gasteiger charge is 2.29. The minimum atomic E-state index is -0.899. The van der Waals surface area contributed by atoms with Crippen molar-refractivity contribution < 1.29 is 9.50 Å². The minimum Gasteiger partial charge on any atom is -0.385 e. The van der Waals surface area contributed by atoms with Crippen LogP contribution in [0, 0.1) is 18.7 Å². The number of rotatable bonds is 3. The van der Waals surface area contributed by atoms with Gasteiger partial charge in [0, 0.05) is 0 Å². The summed E-state index contributed by atoms with van der Waals surface area (Å²) in [6.07, 6.45) is 5.68. The molecule has 1 nitrogen and oxygen atoms in total. The Labute approximate surface area is 103 Å². The molecule has 0 spiro atoms. The van der Waals surface area contributed by atoms with Crippen molar-refractivity contribution in [3.05, 3.63) is 35.1 Å². The number of hydrogen-bond donors (Lipinski definition) is 1. The third kappa shape index (κ3) is 2.86. The summed E-state index contributed by atoms with van der Waals surface area (Å²) in [5, 5.41) is 10.5. The van der Waals surface area contributed by atoms with Gasteiger partial charge >= 0.3 is 0 Å². The third-order valence-corrected chi connectivity index (χ3v) is 3.95. The standard InChI is InChI=1S/C15H21FO/c1-11-7-8-13(9-14(11)16)15(2,17)10-12-5-3-4-6-12/h7-9,12,17H,3-6,10H2,1-2H3. The van der Waals surface area contributed by atoms with E-state index in [0.29, 0.717) is 17.0 Å². The SMILES string of the molecule is Cc1ccc(C(C)(O)CC2CCCC2)cc1F. The smallest absolute Gasteiger partial charge is 0.126 e. The van der Waals surface area contributed by atoms with Gasteiger partial charge in [0.15, 0.2) is 0 Å². The Morgan fingerprint density at radius 3 is 2.59 bits per heavy atom. The highest BCUT2D eigenvalue weighted by molar-refractivity contribution is 5.27. The van der Waals surface area contributed by atoms with Crippen molar-refractivity contribution >= 4 is 0 Å². The first-order chi connectivity index (χ1) is 7.99. The average molecular weight is 236 g/mol. The Bertz CT molecular complexity index is 392. The van der Waals surface area contributed by atoms with Crippen molar-refractivity contribution in [3.63, 3.8) is 0 Å². The first kappa shape index (κ1) is 12.6. The molecule has 1 fully saturated rings.